The molecule has 0 aromatic carbocycles. The van der Waals surface area contributed by atoms with Crippen molar-refractivity contribution in [1.29, 1.82) is 0 Å². The average Bonchev–Trinajstić information content (AvgIpc) is 2.85. The van der Waals surface area contributed by atoms with Crippen LogP contribution in [0.5, 0.6) is 0 Å². The monoisotopic (exact) mass is 235 g/mol. The van der Waals surface area contributed by atoms with E-state index in [0.29, 0.717) is 5.92 Å². The van der Waals surface area contributed by atoms with Crippen LogP contribution >= 0.6 is 0 Å². The Labute approximate surface area is 103 Å². The van der Waals surface area contributed by atoms with Gasteiger partial charge in [-0.2, -0.15) is 0 Å². The maximum atomic E-state index is 5.48. The Bertz CT molecular complexity index is 333. The predicted molar refractivity (Wildman–Crippen MR) is 66.7 cm³/mol. The van der Waals surface area contributed by atoms with Crippen LogP contribution in [0.4, 0.5) is 0 Å². The van der Waals surface area contributed by atoms with Crippen LogP contribution in [0.25, 0.3) is 0 Å². The zero-order valence-electron chi connectivity index (χ0n) is 10.6. The van der Waals surface area contributed by atoms with E-state index in [1.165, 1.54) is 0 Å². The smallest absolute Gasteiger partial charge is 0.0760 e. The summed E-state index contributed by atoms with van der Waals surface area (Å²) in [7, 11) is 0. The zero-order chi connectivity index (χ0) is 12.1. The molecule has 0 aliphatic carbocycles. The standard InChI is InChI=1S/C13H21N3O/c1-3-5-14-13(11-4-6-17-9-11)12-8-15-10(2)7-16-12/h7-8,11,13-14H,3-6,9H2,1-2H3. The first-order valence-electron chi connectivity index (χ1n) is 6.41. The van der Waals surface area contributed by atoms with Crippen molar-refractivity contribution in [3.8, 4) is 0 Å². The lowest BCUT2D eigenvalue weighted by Gasteiger charge is -2.22. The van der Waals surface area contributed by atoms with E-state index >= 15 is 0 Å². The molecular formula is C13H21N3O. The highest BCUT2D eigenvalue weighted by atomic mass is 16.5. The van der Waals surface area contributed by atoms with Crippen LogP contribution in [-0.2, 0) is 4.74 Å². The second-order valence-electron chi connectivity index (χ2n) is 4.64. The maximum Gasteiger partial charge on any atom is 0.0760 e. The van der Waals surface area contributed by atoms with Gasteiger partial charge >= 0.3 is 0 Å². The minimum Gasteiger partial charge on any atom is -0.381 e. The van der Waals surface area contributed by atoms with Gasteiger partial charge in [0.15, 0.2) is 0 Å². The Morgan fingerprint density at radius 2 is 2.35 bits per heavy atom. The Balaban J connectivity index is 2.10. The first-order valence-corrected chi connectivity index (χ1v) is 6.41. The molecule has 1 N–H and O–H groups in total. The van der Waals surface area contributed by atoms with Gasteiger partial charge in [-0.25, -0.2) is 0 Å². The quantitative estimate of drug-likeness (QED) is 0.846. The molecule has 94 valence electrons. The van der Waals surface area contributed by atoms with Crippen LogP contribution in [-0.4, -0.2) is 29.7 Å². The van der Waals surface area contributed by atoms with Gasteiger partial charge in [-0.15, -0.1) is 0 Å². The molecule has 1 aliphatic rings. The third-order valence-corrected chi connectivity index (χ3v) is 3.17. The number of rotatable bonds is 5. The summed E-state index contributed by atoms with van der Waals surface area (Å²) < 4.78 is 5.48. The van der Waals surface area contributed by atoms with Gasteiger partial charge in [0.2, 0.25) is 0 Å². The molecule has 2 unspecified atom stereocenters. The van der Waals surface area contributed by atoms with Gasteiger partial charge in [0.25, 0.3) is 0 Å². The summed E-state index contributed by atoms with van der Waals surface area (Å²) in [5.74, 6) is 0.526. The minimum absolute atomic E-state index is 0.283. The second kappa shape index (κ2) is 6.07. The lowest BCUT2D eigenvalue weighted by Crippen LogP contribution is -2.30. The largest absolute Gasteiger partial charge is 0.381 e. The lowest BCUT2D eigenvalue weighted by atomic mass is 9.96. The Morgan fingerprint density at radius 1 is 1.47 bits per heavy atom. The molecule has 1 fully saturated rings. The first-order chi connectivity index (χ1) is 8.31. The van der Waals surface area contributed by atoms with Gasteiger partial charge < -0.3 is 10.1 Å². The fraction of sp³-hybridized carbons (Fsp3) is 0.692. The fourth-order valence-corrected chi connectivity index (χ4v) is 2.19. The molecule has 2 rings (SSSR count). The molecule has 4 heteroatoms. The number of aryl methyl sites for hydroxylation is 1. The van der Waals surface area contributed by atoms with Gasteiger partial charge in [0, 0.05) is 18.7 Å². The average molecular weight is 235 g/mol. The van der Waals surface area contributed by atoms with E-state index in [1.54, 1.807) is 0 Å². The maximum absolute atomic E-state index is 5.48. The lowest BCUT2D eigenvalue weighted by molar-refractivity contribution is 0.176. The Hall–Kier alpha value is -1.00. The van der Waals surface area contributed by atoms with E-state index in [1.807, 2.05) is 19.3 Å². The highest BCUT2D eigenvalue weighted by molar-refractivity contribution is 5.08. The van der Waals surface area contributed by atoms with Crippen molar-refractivity contribution >= 4 is 0 Å². The van der Waals surface area contributed by atoms with Crippen LogP contribution in [0.1, 0.15) is 37.2 Å². The molecule has 0 radical (unpaired) electrons. The summed E-state index contributed by atoms with van der Waals surface area (Å²) in [6.07, 6.45) is 5.97. The number of hydrogen-bond acceptors (Lipinski definition) is 4. The molecule has 0 saturated carbocycles. The molecule has 2 heterocycles. The highest BCUT2D eigenvalue weighted by Gasteiger charge is 2.27. The summed E-state index contributed by atoms with van der Waals surface area (Å²) >= 11 is 0. The van der Waals surface area contributed by atoms with Gasteiger partial charge in [0.1, 0.15) is 0 Å². The minimum atomic E-state index is 0.283. The second-order valence-corrected chi connectivity index (χ2v) is 4.64. The fourth-order valence-electron chi connectivity index (χ4n) is 2.19. The summed E-state index contributed by atoms with van der Waals surface area (Å²) in [5.41, 5.74) is 2.00. The number of aromatic nitrogens is 2. The van der Waals surface area contributed by atoms with Crippen LogP contribution in [0, 0.1) is 12.8 Å². The van der Waals surface area contributed by atoms with Gasteiger partial charge in [0.05, 0.1) is 30.2 Å². The van der Waals surface area contributed by atoms with Crippen molar-refractivity contribution in [1.82, 2.24) is 15.3 Å². The highest BCUT2D eigenvalue weighted by Crippen LogP contribution is 2.27. The van der Waals surface area contributed by atoms with Gasteiger partial charge in [-0.3, -0.25) is 9.97 Å². The third-order valence-electron chi connectivity index (χ3n) is 3.17. The molecule has 4 nitrogen and oxygen atoms in total. The van der Waals surface area contributed by atoms with Crippen molar-refractivity contribution < 1.29 is 4.74 Å². The van der Waals surface area contributed by atoms with Crippen molar-refractivity contribution in [2.45, 2.75) is 32.7 Å². The van der Waals surface area contributed by atoms with E-state index in [0.717, 1.165) is 44.0 Å². The molecule has 2 atom stereocenters. The molecule has 0 bridgehead atoms. The van der Waals surface area contributed by atoms with E-state index in [2.05, 4.69) is 22.2 Å². The molecule has 0 spiro atoms. The van der Waals surface area contributed by atoms with Crippen molar-refractivity contribution in [3.63, 3.8) is 0 Å². The van der Waals surface area contributed by atoms with E-state index < -0.39 is 0 Å². The predicted octanol–water partition coefficient (Wildman–Crippen LogP) is 1.86. The SMILES string of the molecule is CCCNC(c1cnc(C)cn1)C1CCOC1. The van der Waals surface area contributed by atoms with E-state index in [-0.39, 0.29) is 6.04 Å². The normalized spacial score (nSPS) is 21.6. The zero-order valence-corrected chi connectivity index (χ0v) is 10.6. The summed E-state index contributed by atoms with van der Waals surface area (Å²) in [6.45, 7) is 6.85. The Kier molecular flexibility index (Phi) is 4.45. The van der Waals surface area contributed by atoms with Crippen LogP contribution in [0.3, 0.4) is 0 Å². The molecule has 1 saturated heterocycles. The summed E-state index contributed by atoms with van der Waals surface area (Å²) in [4.78, 5) is 8.83. The van der Waals surface area contributed by atoms with Gasteiger partial charge in [-0.1, -0.05) is 6.92 Å². The number of ether oxygens (including phenoxy) is 1. The number of nitrogens with zero attached hydrogens (tertiary/aromatic N) is 2. The first kappa shape index (κ1) is 12.5. The van der Waals surface area contributed by atoms with Crippen LogP contribution < -0.4 is 5.32 Å². The van der Waals surface area contributed by atoms with E-state index in [4.69, 9.17) is 4.74 Å². The van der Waals surface area contributed by atoms with Crippen molar-refractivity contribution in [3.05, 3.63) is 23.8 Å². The van der Waals surface area contributed by atoms with Crippen molar-refractivity contribution in [2.24, 2.45) is 5.92 Å². The molecule has 1 aromatic rings. The number of nitrogens with one attached hydrogen (secondary N) is 1. The molecular weight excluding hydrogens is 214 g/mol. The molecule has 17 heavy (non-hydrogen) atoms. The third kappa shape index (κ3) is 3.23. The summed E-state index contributed by atoms with van der Waals surface area (Å²) in [5, 5.41) is 3.56. The van der Waals surface area contributed by atoms with Crippen LogP contribution in [0.2, 0.25) is 0 Å². The van der Waals surface area contributed by atoms with Crippen LogP contribution in [0.15, 0.2) is 12.4 Å². The molecule has 1 aliphatic heterocycles. The summed E-state index contributed by atoms with van der Waals surface area (Å²) in [6, 6.07) is 0.283. The molecule has 1 aromatic heterocycles. The van der Waals surface area contributed by atoms with Crippen molar-refractivity contribution in [2.75, 3.05) is 19.8 Å². The topological polar surface area (TPSA) is 47.0 Å². The van der Waals surface area contributed by atoms with Gasteiger partial charge in [-0.05, 0) is 26.3 Å². The van der Waals surface area contributed by atoms with E-state index in [9.17, 15) is 0 Å². The number of hydrogen-bond donors (Lipinski definition) is 1. The Morgan fingerprint density at radius 3 is 2.94 bits per heavy atom. The molecule has 0 amide bonds.